The van der Waals surface area contributed by atoms with Crippen LogP contribution in [0.3, 0.4) is 0 Å². The molecule has 96 valence electrons. The predicted molar refractivity (Wildman–Crippen MR) is 67.7 cm³/mol. The lowest BCUT2D eigenvalue weighted by atomic mass is 10.2. The van der Waals surface area contributed by atoms with E-state index in [2.05, 4.69) is 4.98 Å². The third kappa shape index (κ3) is 2.28. The van der Waals surface area contributed by atoms with Gasteiger partial charge in [-0.3, -0.25) is 4.79 Å². The number of hydrogen-bond acceptors (Lipinski definition) is 4. The maximum absolute atomic E-state index is 12.3. The molecule has 1 aromatic rings. The number of amides is 1. The molecule has 0 unspecified atom stereocenters. The molecule has 2 heterocycles. The SMILES string of the molecule is COC(=O)[C@@H]1CCCN1C(=O)c1ccc[nH]c1=S. The Balaban J connectivity index is 2.26. The molecule has 2 rings (SSSR count). The van der Waals surface area contributed by atoms with Crippen LogP contribution in [0.4, 0.5) is 0 Å². The van der Waals surface area contributed by atoms with Gasteiger partial charge in [-0.15, -0.1) is 0 Å². The fraction of sp³-hybridized carbons (Fsp3) is 0.417. The minimum absolute atomic E-state index is 0.218. The van der Waals surface area contributed by atoms with Gasteiger partial charge in [0.1, 0.15) is 10.7 Å². The zero-order chi connectivity index (χ0) is 13.1. The molecule has 1 fully saturated rings. The second-order valence-corrected chi connectivity index (χ2v) is 4.50. The van der Waals surface area contributed by atoms with E-state index in [0.29, 0.717) is 23.2 Å². The van der Waals surface area contributed by atoms with E-state index in [1.807, 2.05) is 0 Å². The molecule has 1 N–H and O–H groups in total. The number of esters is 1. The lowest BCUT2D eigenvalue weighted by Gasteiger charge is -2.22. The standard InChI is InChI=1S/C12H14N2O3S/c1-17-12(16)9-5-3-7-14(9)11(15)8-4-2-6-13-10(8)18/h2,4,6,9H,3,5,7H2,1H3,(H,13,18)/t9-/m0/s1. The van der Waals surface area contributed by atoms with Crippen LogP contribution < -0.4 is 0 Å². The minimum atomic E-state index is -0.489. The van der Waals surface area contributed by atoms with E-state index in [1.54, 1.807) is 18.3 Å². The van der Waals surface area contributed by atoms with Gasteiger partial charge in [0.2, 0.25) is 0 Å². The Bertz CT molecular complexity index is 526. The van der Waals surface area contributed by atoms with Crippen molar-refractivity contribution in [1.29, 1.82) is 0 Å². The molecule has 6 heteroatoms. The van der Waals surface area contributed by atoms with Crippen LogP contribution in [0.5, 0.6) is 0 Å². The number of rotatable bonds is 2. The number of carbonyl (C=O) groups excluding carboxylic acids is 2. The highest BCUT2D eigenvalue weighted by atomic mass is 32.1. The lowest BCUT2D eigenvalue weighted by molar-refractivity contribution is -0.145. The van der Waals surface area contributed by atoms with Gasteiger partial charge >= 0.3 is 5.97 Å². The Hall–Kier alpha value is -1.69. The van der Waals surface area contributed by atoms with Gasteiger partial charge in [-0.05, 0) is 25.0 Å². The molecule has 1 saturated heterocycles. The summed E-state index contributed by atoms with van der Waals surface area (Å²) in [6.45, 7) is 0.558. The quantitative estimate of drug-likeness (QED) is 0.651. The molecule has 0 spiro atoms. The number of aromatic amines is 1. The van der Waals surface area contributed by atoms with Gasteiger partial charge in [0.15, 0.2) is 0 Å². The highest BCUT2D eigenvalue weighted by molar-refractivity contribution is 7.71. The van der Waals surface area contributed by atoms with Gasteiger partial charge in [-0.1, -0.05) is 12.2 Å². The normalized spacial score (nSPS) is 18.7. The summed E-state index contributed by atoms with van der Waals surface area (Å²) in [6, 6.07) is 2.89. The van der Waals surface area contributed by atoms with Crippen LogP contribution in [-0.4, -0.2) is 41.5 Å². The van der Waals surface area contributed by atoms with E-state index in [9.17, 15) is 9.59 Å². The highest BCUT2D eigenvalue weighted by Gasteiger charge is 2.35. The summed E-state index contributed by atoms with van der Waals surface area (Å²) >= 11 is 5.08. The number of methoxy groups -OCH3 is 1. The summed E-state index contributed by atoms with van der Waals surface area (Å²) in [7, 11) is 1.33. The number of H-pyrrole nitrogens is 1. The summed E-state index contributed by atoms with van der Waals surface area (Å²) in [6.07, 6.45) is 3.11. The van der Waals surface area contributed by atoms with Gasteiger partial charge in [0, 0.05) is 12.7 Å². The van der Waals surface area contributed by atoms with Gasteiger partial charge in [-0.25, -0.2) is 4.79 Å². The molecule has 1 atom stereocenters. The summed E-state index contributed by atoms with van der Waals surface area (Å²) in [5.41, 5.74) is 0.420. The summed E-state index contributed by atoms with van der Waals surface area (Å²) < 4.78 is 5.10. The first-order valence-electron chi connectivity index (χ1n) is 5.71. The largest absolute Gasteiger partial charge is 0.467 e. The van der Waals surface area contributed by atoms with Crippen LogP contribution in [0.15, 0.2) is 18.3 Å². The van der Waals surface area contributed by atoms with Crippen LogP contribution >= 0.6 is 12.2 Å². The van der Waals surface area contributed by atoms with Crippen molar-refractivity contribution >= 4 is 24.1 Å². The van der Waals surface area contributed by atoms with Crippen molar-refractivity contribution in [2.75, 3.05) is 13.7 Å². The molecule has 1 aliphatic heterocycles. The number of likely N-dealkylation sites (tertiary alicyclic amines) is 1. The van der Waals surface area contributed by atoms with E-state index in [4.69, 9.17) is 17.0 Å². The molecule has 0 aliphatic carbocycles. The zero-order valence-electron chi connectivity index (χ0n) is 10.0. The molecule has 18 heavy (non-hydrogen) atoms. The van der Waals surface area contributed by atoms with Crippen molar-refractivity contribution in [2.45, 2.75) is 18.9 Å². The number of nitrogens with one attached hydrogen (secondary N) is 1. The molecule has 0 saturated carbocycles. The minimum Gasteiger partial charge on any atom is -0.467 e. The molecule has 0 aromatic carbocycles. The molecule has 0 bridgehead atoms. The number of pyridine rings is 1. The maximum atomic E-state index is 12.3. The lowest BCUT2D eigenvalue weighted by Crippen LogP contribution is -2.41. The van der Waals surface area contributed by atoms with Crippen LogP contribution in [0.1, 0.15) is 23.2 Å². The molecule has 1 aliphatic rings. The van der Waals surface area contributed by atoms with E-state index in [-0.39, 0.29) is 11.9 Å². The topological polar surface area (TPSA) is 62.4 Å². The summed E-state index contributed by atoms with van der Waals surface area (Å²) in [5.74, 6) is -0.587. The highest BCUT2D eigenvalue weighted by Crippen LogP contribution is 2.21. The average molecular weight is 266 g/mol. The Labute approximate surface area is 110 Å². The number of aromatic nitrogens is 1. The Kier molecular flexibility index (Phi) is 3.76. The van der Waals surface area contributed by atoms with Gasteiger partial charge in [0.05, 0.1) is 12.7 Å². The maximum Gasteiger partial charge on any atom is 0.328 e. The fourth-order valence-corrected chi connectivity index (χ4v) is 2.36. The Morgan fingerprint density at radius 2 is 2.33 bits per heavy atom. The van der Waals surface area contributed by atoms with Gasteiger partial charge < -0.3 is 14.6 Å². The van der Waals surface area contributed by atoms with Crippen molar-refractivity contribution in [3.8, 4) is 0 Å². The van der Waals surface area contributed by atoms with E-state index < -0.39 is 6.04 Å². The molecular weight excluding hydrogens is 252 g/mol. The van der Waals surface area contributed by atoms with Crippen molar-refractivity contribution in [2.24, 2.45) is 0 Å². The Morgan fingerprint density at radius 1 is 1.56 bits per heavy atom. The van der Waals surface area contributed by atoms with Crippen LogP contribution in [0.25, 0.3) is 0 Å². The fourth-order valence-electron chi connectivity index (χ4n) is 2.14. The van der Waals surface area contributed by atoms with Crippen LogP contribution in [-0.2, 0) is 9.53 Å². The first-order valence-corrected chi connectivity index (χ1v) is 6.12. The van der Waals surface area contributed by atoms with Crippen molar-refractivity contribution in [1.82, 2.24) is 9.88 Å². The molecule has 1 aromatic heterocycles. The number of nitrogens with zero attached hydrogens (tertiary/aromatic N) is 1. The molecule has 0 radical (unpaired) electrons. The monoisotopic (exact) mass is 266 g/mol. The molecule has 5 nitrogen and oxygen atoms in total. The van der Waals surface area contributed by atoms with Gasteiger partial charge in [-0.2, -0.15) is 0 Å². The molecular formula is C12H14N2O3S. The summed E-state index contributed by atoms with van der Waals surface area (Å²) in [5, 5.41) is 0. The van der Waals surface area contributed by atoms with Crippen molar-refractivity contribution in [3.63, 3.8) is 0 Å². The van der Waals surface area contributed by atoms with Gasteiger partial charge in [0.25, 0.3) is 5.91 Å². The van der Waals surface area contributed by atoms with Crippen molar-refractivity contribution < 1.29 is 14.3 Å². The second kappa shape index (κ2) is 5.30. The first kappa shape index (κ1) is 12.8. The van der Waals surface area contributed by atoms with Crippen LogP contribution in [0.2, 0.25) is 0 Å². The number of carbonyl (C=O) groups is 2. The third-order valence-electron chi connectivity index (χ3n) is 3.04. The van der Waals surface area contributed by atoms with E-state index >= 15 is 0 Å². The third-order valence-corrected chi connectivity index (χ3v) is 3.37. The van der Waals surface area contributed by atoms with Crippen molar-refractivity contribution in [3.05, 3.63) is 28.5 Å². The second-order valence-electron chi connectivity index (χ2n) is 4.09. The van der Waals surface area contributed by atoms with E-state index in [0.717, 1.165) is 6.42 Å². The van der Waals surface area contributed by atoms with E-state index in [1.165, 1.54) is 12.0 Å². The first-order chi connectivity index (χ1) is 8.65. The summed E-state index contributed by atoms with van der Waals surface area (Å²) in [4.78, 5) is 28.3. The van der Waals surface area contributed by atoms with Crippen LogP contribution in [0, 0.1) is 4.64 Å². The predicted octanol–water partition coefficient (Wildman–Crippen LogP) is 1.52. The Morgan fingerprint density at radius 3 is 3.00 bits per heavy atom. The molecule has 1 amide bonds. The number of hydrogen-bond donors (Lipinski definition) is 1. The zero-order valence-corrected chi connectivity index (χ0v) is 10.8. The smallest absolute Gasteiger partial charge is 0.328 e. The average Bonchev–Trinajstić information content (AvgIpc) is 2.86. The number of ether oxygens (including phenoxy) is 1.